The highest BCUT2D eigenvalue weighted by atomic mass is 35.5. The molecule has 3 nitrogen and oxygen atoms in total. The molecular weight excluding hydrogens is 246 g/mol. The third kappa shape index (κ3) is 3.22. The second-order valence-corrected chi connectivity index (χ2v) is 6.02. The number of nitrogens with zero attached hydrogens (tertiary/aromatic N) is 1. The number of benzene rings is 1. The standard InChI is InChI=1S/C11H12ClNO2S/c1-9(6-12)8-16(14,15)11-4-2-10(7-13)3-5-11/h2-5,9H,6,8H2,1H3. The van der Waals surface area contributed by atoms with Gasteiger partial charge >= 0.3 is 0 Å². The molecule has 1 aromatic carbocycles. The number of halogens is 1. The smallest absolute Gasteiger partial charge is 0.178 e. The van der Waals surface area contributed by atoms with Gasteiger partial charge in [0.25, 0.3) is 0 Å². The van der Waals surface area contributed by atoms with Gasteiger partial charge in [0, 0.05) is 5.88 Å². The molecule has 0 aliphatic carbocycles. The Labute approximate surface area is 101 Å². The van der Waals surface area contributed by atoms with Crippen LogP contribution in [0.15, 0.2) is 29.2 Å². The lowest BCUT2D eigenvalue weighted by molar-refractivity contribution is 0.583. The maximum atomic E-state index is 11.9. The fraction of sp³-hybridized carbons (Fsp3) is 0.364. The van der Waals surface area contributed by atoms with E-state index in [0.29, 0.717) is 11.4 Å². The molecule has 16 heavy (non-hydrogen) atoms. The lowest BCUT2D eigenvalue weighted by Gasteiger charge is -2.08. The summed E-state index contributed by atoms with van der Waals surface area (Å²) in [7, 11) is -3.29. The Morgan fingerprint density at radius 2 is 1.94 bits per heavy atom. The van der Waals surface area contributed by atoms with Gasteiger partial charge in [-0.05, 0) is 30.2 Å². The molecule has 1 atom stereocenters. The summed E-state index contributed by atoms with van der Waals surface area (Å²) in [5.41, 5.74) is 0.448. The highest BCUT2D eigenvalue weighted by Crippen LogP contribution is 2.15. The third-order valence-corrected chi connectivity index (χ3v) is 4.63. The van der Waals surface area contributed by atoms with Crippen LogP contribution in [-0.4, -0.2) is 20.1 Å². The van der Waals surface area contributed by atoms with E-state index in [0.717, 1.165) is 0 Å². The van der Waals surface area contributed by atoms with Gasteiger partial charge in [-0.2, -0.15) is 5.26 Å². The Balaban J connectivity index is 2.95. The molecule has 0 aliphatic rings. The fourth-order valence-corrected chi connectivity index (χ4v) is 3.10. The molecule has 86 valence electrons. The van der Waals surface area contributed by atoms with Crippen LogP contribution in [-0.2, 0) is 9.84 Å². The molecule has 0 aliphatic heterocycles. The van der Waals surface area contributed by atoms with Gasteiger partial charge in [-0.25, -0.2) is 8.42 Å². The molecule has 0 bridgehead atoms. The van der Waals surface area contributed by atoms with E-state index in [2.05, 4.69) is 0 Å². The van der Waals surface area contributed by atoms with Crippen molar-refractivity contribution in [2.75, 3.05) is 11.6 Å². The van der Waals surface area contributed by atoms with Crippen LogP contribution in [0, 0.1) is 17.2 Å². The van der Waals surface area contributed by atoms with Crippen molar-refractivity contribution in [1.29, 1.82) is 5.26 Å². The molecule has 0 saturated heterocycles. The summed E-state index contributed by atoms with van der Waals surface area (Å²) in [6, 6.07) is 7.84. The first-order valence-electron chi connectivity index (χ1n) is 4.78. The minimum absolute atomic E-state index is 0.0302. The second kappa shape index (κ2) is 5.33. The van der Waals surface area contributed by atoms with Gasteiger partial charge < -0.3 is 0 Å². The van der Waals surface area contributed by atoms with Crippen molar-refractivity contribution in [3.05, 3.63) is 29.8 Å². The van der Waals surface area contributed by atoms with Gasteiger partial charge in [0.05, 0.1) is 22.3 Å². The molecule has 1 rings (SSSR count). The molecule has 5 heteroatoms. The Hall–Kier alpha value is -1.05. The Morgan fingerprint density at radius 3 is 2.38 bits per heavy atom. The van der Waals surface area contributed by atoms with Gasteiger partial charge in [0.2, 0.25) is 0 Å². The van der Waals surface area contributed by atoms with Gasteiger partial charge in [-0.3, -0.25) is 0 Å². The Bertz CT molecular complexity index is 488. The molecule has 0 saturated carbocycles. The number of hydrogen-bond acceptors (Lipinski definition) is 3. The van der Waals surface area contributed by atoms with Crippen LogP contribution in [0.1, 0.15) is 12.5 Å². The van der Waals surface area contributed by atoms with Gasteiger partial charge in [-0.1, -0.05) is 6.92 Å². The lowest BCUT2D eigenvalue weighted by Crippen LogP contribution is -2.15. The predicted molar refractivity (Wildman–Crippen MR) is 63.1 cm³/mol. The van der Waals surface area contributed by atoms with E-state index in [9.17, 15) is 8.42 Å². The molecule has 0 radical (unpaired) electrons. The first-order chi connectivity index (χ1) is 7.49. The monoisotopic (exact) mass is 257 g/mol. The summed E-state index contributed by atoms with van der Waals surface area (Å²) in [6.45, 7) is 1.79. The van der Waals surface area contributed by atoms with Crippen LogP contribution in [0.2, 0.25) is 0 Å². The molecule has 0 heterocycles. The highest BCUT2D eigenvalue weighted by Gasteiger charge is 2.17. The van der Waals surface area contributed by atoms with Crippen molar-refractivity contribution in [3.8, 4) is 6.07 Å². The number of alkyl halides is 1. The first kappa shape index (κ1) is 13.0. The summed E-state index contributed by atoms with van der Waals surface area (Å²) < 4.78 is 23.7. The summed E-state index contributed by atoms with van der Waals surface area (Å²) in [6.07, 6.45) is 0. The van der Waals surface area contributed by atoms with Crippen molar-refractivity contribution in [2.45, 2.75) is 11.8 Å². The van der Waals surface area contributed by atoms with Crippen LogP contribution in [0.4, 0.5) is 0 Å². The van der Waals surface area contributed by atoms with Crippen molar-refractivity contribution in [3.63, 3.8) is 0 Å². The second-order valence-electron chi connectivity index (χ2n) is 3.68. The zero-order valence-corrected chi connectivity index (χ0v) is 10.4. The Kier molecular flexibility index (Phi) is 4.34. The van der Waals surface area contributed by atoms with Crippen LogP contribution < -0.4 is 0 Å². The van der Waals surface area contributed by atoms with Crippen molar-refractivity contribution >= 4 is 21.4 Å². The number of rotatable bonds is 4. The summed E-state index contributed by atoms with van der Waals surface area (Å²) in [4.78, 5) is 0.239. The molecule has 1 unspecified atom stereocenters. The normalized spacial score (nSPS) is 13.1. The van der Waals surface area contributed by atoms with Crippen molar-refractivity contribution in [1.82, 2.24) is 0 Å². The number of hydrogen-bond donors (Lipinski definition) is 0. The maximum Gasteiger partial charge on any atom is 0.178 e. The molecule has 0 amide bonds. The van der Waals surface area contributed by atoms with Gasteiger partial charge in [-0.15, -0.1) is 11.6 Å². The fourth-order valence-electron chi connectivity index (χ4n) is 1.25. The van der Waals surface area contributed by atoms with Crippen LogP contribution >= 0.6 is 11.6 Å². The van der Waals surface area contributed by atoms with E-state index in [-0.39, 0.29) is 16.6 Å². The number of nitriles is 1. The van der Waals surface area contributed by atoms with E-state index in [4.69, 9.17) is 16.9 Å². The molecule has 0 N–H and O–H groups in total. The summed E-state index contributed by atoms with van der Waals surface area (Å²) in [5, 5.41) is 8.60. The molecule has 0 aromatic heterocycles. The van der Waals surface area contributed by atoms with E-state index in [1.807, 2.05) is 6.07 Å². The summed E-state index contributed by atoms with van der Waals surface area (Å²) in [5.74, 6) is 0.264. The third-order valence-electron chi connectivity index (χ3n) is 2.11. The zero-order chi connectivity index (χ0) is 12.2. The topological polar surface area (TPSA) is 57.9 Å². The molecular formula is C11H12ClNO2S. The van der Waals surface area contributed by atoms with Crippen LogP contribution in [0.3, 0.4) is 0 Å². The SMILES string of the molecule is CC(CCl)CS(=O)(=O)c1ccc(C#N)cc1. The van der Waals surface area contributed by atoms with Crippen LogP contribution in [0.25, 0.3) is 0 Å². The zero-order valence-electron chi connectivity index (χ0n) is 8.85. The maximum absolute atomic E-state index is 11.9. The van der Waals surface area contributed by atoms with Crippen molar-refractivity contribution < 1.29 is 8.42 Å². The van der Waals surface area contributed by atoms with Crippen LogP contribution in [0.5, 0.6) is 0 Å². The van der Waals surface area contributed by atoms with Gasteiger partial charge in [0.15, 0.2) is 9.84 Å². The lowest BCUT2D eigenvalue weighted by atomic mass is 10.2. The minimum Gasteiger partial charge on any atom is -0.224 e. The summed E-state index contributed by atoms with van der Waals surface area (Å²) >= 11 is 5.59. The largest absolute Gasteiger partial charge is 0.224 e. The molecule has 0 fully saturated rings. The number of sulfone groups is 1. The van der Waals surface area contributed by atoms with E-state index in [1.54, 1.807) is 6.92 Å². The van der Waals surface area contributed by atoms with Gasteiger partial charge in [0.1, 0.15) is 0 Å². The Morgan fingerprint density at radius 1 is 1.38 bits per heavy atom. The predicted octanol–water partition coefficient (Wildman–Crippen LogP) is 2.21. The molecule has 0 spiro atoms. The average Bonchev–Trinajstić information content (AvgIpc) is 2.28. The minimum atomic E-state index is -3.29. The average molecular weight is 258 g/mol. The van der Waals surface area contributed by atoms with E-state index in [1.165, 1.54) is 24.3 Å². The van der Waals surface area contributed by atoms with Crippen molar-refractivity contribution in [2.24, 2.45) is 5.92 Å². The quantitative estimate of drug-likeness (QED) is 0.777. The highest BCUT2D eigenvalue weighted by molar-refractivity contribution is 7.91. The van der Waals surface area contributed by atoms with E-state index < -0.39 is 9.84 Å². The first-order valence-corrected chi connectivity index (χ1v) is 6.97. The molecule has 1 aromatic rings. The van der Waals surface area contributed by atoms with E-state index >= 15 is 0 Å².